The van der Waals surface area contributed by atoms with E-state index in [0.29, 0.717) is 17.4 Å². The number of aliphatic carboxylic acids is 1. The highest BCUT2D eigenvalue weighted by Gasteiger charge is 2.22. The number of likely N-dealkylation sites (N-methyl/N-ethyl adjacent to an activating group) is 1. The zero-order chi connectivity index (χ0) is 58.3. The third-order valence-electron chi connectivity index (χ3n) is 16.6. The standard InChI is InChI=1S/C71H139NO8/c1-6-8-10-12-14-16-18-20-22-24-26-28-29-30-31-32-33-34-35-36-37-38-39-40-41-42-44-46-48-50-52-54-56-58-60-62-69(74)80-67(66-79-71(70(75)76)77-64-63-72(3,4)5)65-78-68(73)61-59-57-55-53-51-49-47-45-43-27-25-23-21-19-17-15-13-11-9-7-2/h67,71H,6-66H2,1-5H3. The minimum Gasteiger partial charge on any atom is -0.545 e. The number of ether oxygens (including phenoxy) is 4. The number of nitrogens with zero attached hydrogens (tertiary/aromatic N) is 1. The first kappa shape index (κ1) is 78.3. The van der Waals surface area contributed by atoms with Crippen LogP contribution in [0.4, 0.5) is 0 Å². The highest BCUT2D eigenvalue weighted by Crippen LogP contribution is 2.20. The van der Waals surface area contributed by atoms with Gasteiger partial charge in [0.1, 0.15) is 13.2 Å². The fraction of sp³-hybridized carbons (Fsp3) is 0.958. The fourth-order valence-electron chi connectivity index (χ4n) is 11.1. The Morgan fingerprint density at radius 3 is 0.800 bits per heavy atom. The predicted octanol–water partition coefficient (Wildman–Crippen LogP) is 20.5. The van der Waals surface area contributed by atoms with Crippen LogP contribution in [0.5, 0.6) is 0 Å². The van der Waals surface area contributed by atoms with E-state index in [2.05, 4.69) is 13.8 Å². The Morgan fingerprint density at radius 2 is 0.562 bits per heavy atom. The summed E-state index contributed by atoms with van der Waals surface area (Å²) in [6, 6.07) is 0. The summed E-state index contributed by atoms with van der Waals surface area (Å²) >= 11 is 0. The van der Waals surface area contributed by atoms with Crippen LogP contribution in [0.2, 0.25) is 0 Å². The van der Waals surface area contributed by atoms with Gasteiger partial charge in [-0.05, 0) is 12.8 Å². The maximum atomic E-state index is 12.9. The van der Waals surface area contributed by atoms with Crippen LogP contribution in [0.15, 0.2) is 0 Å². The van der Waals surface area contributed by atoms with E-state index in [1.54, 1.807) is 0 Å². The van der Waals surface area contributed by atoms with Gasteiger partial charge in [-0.1, -0.05) is 354 Å². The van der Waals surface area contributed by atoms with Crippen LogP contribution >= 0.6 is 0 Å². The number of hydrogen-bond donors (Lipinski definition) is 0. The molecule has 0 aliphatic rings. The van der Waals surface area contributed by atoms with Crippen LogP contribution in [0, 0.1) is 0 Å². The molecule has 0 saturated heterocycles. The Bertz CT molecular complexity index is 1270. The van der Waals surface area contributed by atoms with Crippen molar-refractivity contribution >= 4 is 17.9 Å². The molecule has 0 N–H and O–H groups in total. The van der Waals surface area contributed by atoms with E-state index in [4.69, 9.17) is 18.9 Å². The Morgan fingerprint density at radius 1 is 0.325 bits per heavy atom. The molecule has 9 nitrogen and oxygen atoms in total. The zero-order valence-corrected chi connectivity index (χ0v) is 54.5. The van der Waals surface area contributed by atoms with Gasteiger partial charge in [0, 0.05) is 12.8 Å². The van der Waals surface area contributed by atoms with Gasteiger partial charge in [-0.15, -0.1) is 0 Å². The monoisotopic (exact) mass is 1130 g/mol. The normalized spacial score (nSPS) is 12.6. The van der Waals surface area contributed by atoms with Gasteiger partial charge in [0.25, 0.3) is 0 Å². The van der Waals surface area contributed by atoms with Gasteiger partial charge < -0.3 is 33.3 Å². The molecule has 476 valence electrons. The van der Waals surface area contributed by atoms with Crippen LogP contribution < -0.4 is 5.11 Å². The number of carbonyl (C=O) groups is 3. The lowest BCUT2D eigenvalue weighted by atomic mass is 10.0. The number of quaternary nitrogens is 1. The molecule has 0 aromatic heterocycles. The number of esters is 2. The Balaban J connectivity index is 3.97. The number of carbonyl (C=O) groups excluding carboxylic acids is 3. The van der Waals surface area contributed by atoms with Crippen LogP contribution in [0.1, 0.15) is 380 Å². The van der Waals surface area contributed by atoms with Crippen molar-refractivity contribution in [2.75, 3.05) is 47.5 Å². The lowest BCUT2D eigenvalue weighted by molar-refractivity contribution is -0.870. The summed E-state index contributed by atoms with van der Waals surface area (Å²) in [6.07, 6.45) is 72.1. The van der Waals surface area contributed by atoms with E-state index in [-0.39, 0.29) is 32.2 Å². The van der Waals surface area contributed by atoms with E-state index in [1.807, 2.05) is 21.1 Å². The Hall–Kier alpha value is -1.71. The average molecular weight is 1130 g/mol. The third kappa shape index (κ3) is 63.9. The van der Waals surface area contributed by atoms with Gasteiger partial charge in [0.15, 0.2) is 12.4 Å². The van der Waals surface area contributed by atoms with Crippen LogP contribution in [-0.4, -0.2) is 82.3 Å². The third-order valence-corrected chi connectivity index (χ3v) is 16.6. The minimum absolute atomic E-state index is 0.154. The van der Waals surface area contributed by atoms with Gasteiger partial charge in [0.2, 0.25) is 0 Å². The molecule has 2 atom stereocenters. The molecule has 0 saturated carbocycles. The first-order valence-electron chi connectivity index (χ1n) is 35.7. The van der Waals surface area contributed by atoms with Gasteiger partial charge in [0.05, 0.1) is 40.3 Å². The van der Waals surface area contributed by atoms with E-state index in [0.717, 1.165) is 38.5 Å². The lowest BCUT2D eigenvalue weighted by Gasteiger charge is -2.26. The van der Waals surface area contributed by atoms with Crippen molar-refractivity contribution in [1.82, 2.24) is 0 Å². The van der Waals surface area contributed by atoms with Gasteiger partial charge in [-0.3, -0.25) is 9.59 Å². The van der Waals surface area contributed by atoms with Crippen molar-refractivity contribution in [3.05, 3.63) is 0 Å². The van der Waals surface area contributed by atoms with E-state index in [9.17, 15) is 19.5 Å². The number of carboxylic acid groups (broad SMARTS) is 1. The molecular weight excluding hydrogens is 995 g/mol. The first-order valence-corrected chi connectivity index (χ1v) is 35.7. The summed E-state index contributed by atoms with van der Waals surface area (Å²) in [5.41, 5.74) is 0. The number of unbranched alkanes of at least 4 members (excludes halogenated alkanes) is 53. The molecule has 0 aliphatic heterocycles. The smallest absolute Gasteiger partial charge is 0.306 e. The summed E-state index contributed by atoms with van der Waals surface area (Å²) in [7, 11) is 5.95. The highest BCUT2D eigenvalue weighted by atomic mass is 16.7. The molecule has 9 heteroatoms. The van der Waals surface area contributed by atoms with Gasteiger partial charge >= 0.3 is 11.9 Å². The molecule has 0 heterocycles. The second-order valence-electron chi connectivity index (χ2n) is 25.9. The largest absolute Gasteiger partial charge is 0.545 e. The molecule has 0 amide bonds. The van der Waals surface area contributed by atoms with Gasteiger partial charge in [-0.25, -0.2) is 0 Å². The topological polar surface area (TPSA) is 111 Å². The van der Waals surface area contributed by atoms with Crippen molar-refractivity contribution in [2.24, 2.45) is 0 Å². The van der Waals surface area contributed by atoms with E-state index < -0.39 is 24.3 Å². The molecule has 0 radical (unpaired) electrons. The lowest BCUT2D eigenvalue weighted by Crippen LogP contribution is -2.44. The molecule has 0 aromatic carbocycles. The summed E-state index contributed by atoms with van der Waals surface area (Å²) in [5, 5.41) is 11.8. The first-order chi connectivity index (χ1) is 39.1. The van der Waals surface area contributed by atoms with Crippen molar-refractivity contribution in [1.29, 1.82) is 0 Å². The minimum atomic E-state index is -1.62. The molecule has 2 unspecified atom stereocenters. The molecule has 0 spiro atoms. The van der Waals surface area contributed by atoms with Crippen molar-refractivity contribution in [3.63, 3.8) is 0 Å². The molecule has 0 aromatic rings. The SMILES string of the molecule is CCCCCCCCCCCCCCCCCCCCCCCCCCCCCCCCCCCCCC(=O)OC(COC(=O)CCCCCCCCCCCCCCCCCCCCCC)COC(OCC[N+](C)(C)C)C(=O)[O-]. The van der Waals surface area contributed by atoms with Crippen LogP contribution in [-0.2, 0) is 33.3 Å². The summed E-state index contributed by atoms with van der Waals surface area (Å²) in [4.78, 5) is 37.4. The quantitative estimate of drug-likeness (QED) is 0.0256. The van der Waals surface area contributed by atoms with Crippen LogP contribution in [0.25, 0.3) is 0 Å². The molecule has 0 bridgehead atoms. The molecule has 80 heavy (non-hydrogen) atoms. The maximum Gasteiger partial charge on any atom is 0.306 e. The molecule has 0 rings (SSSR count). The van der Waals surface area contributed by atoms with Crippen molar-refractivity contribution in [3.8, 4) is 0 Å². The molecular formula is C71H139NO8. The Kier molecular flexibility index (Phi) is 62.0. The van der Waals surface area contributed by atoms with E-state index >= 15 is 0 Å². The van der Waals surface area contributed by atoms with Crippen molar-refractivity contribution < 1.29 is 42.9 Å². The number of hydrogen-bond acceptors (Lipinski definition) is 8. The molecule has 0 fully saturated rings. The number of carboxylic acids is 1. The van der Waals surface area contributed by atoms with E-state index in [1.165, 1.54) is 315 Å². The molecule has 0 aliphatic carbocycles. The summed E-state index contributed by atoms with van der Waals surface area (Å²) in [6.45, 7) is 4.84. The van der Waals surface area contributed by atoms with Crippen molar-refractivity contribution in [2.45, 2.75) is 392 Å². The second kappa shape index (κ2) is 63.3. The second-order valence-corrected chi connectivity index (χ2v) is 25.9. The number of rotatable bonds is 68. The summed E-state index contributed by atoms with van der Waals surface area (Å²) < 4.78 is 22.8. The average Bonchev–Trinajstić information content (AvgIpc) is 3.43. The highest BCUT2D eigenvalue weighted by molar-refractivity contribution is 5.70. The summed E-state index contributed by atoms with van der Waals surface area (Å²) in [5.74, 6) is -2.24. The fourth-order valence-corrected chi connectivity index (χ4v) is 11.1. The zero-order valence-electron chi connectivity index (χ0n) is 54.5. The maximum absolute atomic E-state index is 12.9. The predicted molar refractivity (Wildman–Crippen MR) is 339 cm³/mol. The van der Waals surface area contributed by atoms with Gasteiger partial charge in [-0.2, -0.15) is 0 Å². The van der Waals surface area contributed by atoms with Crippen LogP contribution in [0.3, 0.4) is 0 Å². The Labute approximate surface area is 498 Å².